The van der Waals surface area contributed by atoms with Crippen molar-refractivity contribution in [1.82, 2.24) is 25.4 Å². The molecule has 1 saturated heterocycles. The molecule has 0 spiro atoms. The summed E-state index contributed by atoms with van der Waals surface area (Å²) >= 11 is 1.68. The van der Waals surface area contributed by atoms with Crippen molar-refractivity contribution in [2.45, 2.75) is 52.1 Å². The minimum atomic E-state index is -0.00503. The first-order valence-corrected chi connectivity index (χ1v) is 9.43. The second kappa shape index (κ2) is 9.31. The maximum Gasteiger partial charge on any atom is 0.242 e. The summed E-state index contributed by atoms with van der Waals surface area (Å²) in [6.07, 6.45) is 5.05. The van der Waals surface area contributed by atoms with Crippen LogP contribution in [0.5, 0.6) is 0 Å². The Morgan fingerprint density at radius 3 is 3.04 bits per heavy atom. The molecular formula is C17H26ClN5OS. The Morgan fingerprint density at radius 1 is 1.52 bits per heavy atom. The highest BCUT2D eigenvalue weighted by molar-refractivity contribution is 7.11. The maximum atomic E-state index is 12.3. The molecule has 0 saturated carbocycles. The number of carbonyl (C=O) groups excluding carboxylic acids is 1. The normalized spacial score (nSPS) is 17.1. The molecule has 0 radical (unpaired) electrons. The van der Waals surface area contributed by atoms with Crippen molar-refractivity contribution in [3.05, 3.63) is 33.5 Å². The summed E-state index contributed by atoms with van der Waals surface area (Å²) in [6, 6.07) is 2.03. The maximum absolute atomic E-state index is 12.3. The van der Waals surface area contributed by atoms with Crippen molar-refractivity contribution >= 4 is 29.7 Å². The molecule has 1 aliphatic rings. The Balaban J connectivity index is 0.00000225. The highest BCUT2D eigenvalue weighted by atomic mass is 35.5. The van der Waals surface area contributed by atoms with Gasteiger partial charge < -0.3 is 10.6 Å². The Labute approximate surface area is 158 Å². The predicted octanol–water partition coefficient (Wildman–Crippen LogP) is 2.42. The zero-order valence-electron chi connectivity index (χ0n) is 14.7. The Bertz CT molecular complexity index is 693. The SMILES string of the molecule is CCc1nc(C)c(CNC(=O)Cn2nccc2C2CCCNC2)s1.Cl. The molecule has 3 rings (SSSR count). The van der Waals surface area contributed by atoms with Crippen LogP contribution in [0.2, 0.25) is 0 Å². The van der Waals surface area contributed by atoms with Crippen LogP contribution in [0.1, 0.15) is 47.0 Å². The Kier molecular flexibility index (Phi) is 7.40. The van der Waals surface area contributed by atoms with E-state index in [2.05, 4.69) is 27.6 Å². The standard InChI is InChI=1S/C17H25N5OS.ClH/c1-3-17-21-12(2)15(24-17)10-19-16(23)11-22-14(6-8-20-22)13-5-4-7-18-9-13;/h6,8,13,18H,3-5,7,9-11H2,1-2H3,(H,19,23);1H. The quantitative estimate of drug-likeness (QED) is 0.803. The summed E-state index contributed by atoms with van der Waals surface area (Å²) in [6.45, 7) is 6.96. The number of nitrogens with one attached hydrogen (secondary N) is 2. The lowest BCUT2D eigenvalue weighted by atomic mass is 9.96. The van der Waals surface area contributed by atoms with Gasteiger partial charge in [-0.1, -0.05) is 6.92 Å². The lowest BCUT2D eigenvalue weighted by Crippen LogP contribution is -2.32. The molecule has 2 aromatic rings. The van der Waals surface area contributed by atoms with Crippen LogP contribution < -0.4 is 10.6 Å². The summed E-state index contributed by atoms with van der Waals surface area (Å²) in [5.74, 6) is 0.444. The molecule has 1 aliphatic heterocycles. The number of piperidine rings is 1. The van der Waals surface area contributed by atoms with Gasteiger partial charge in [0, 0.05) is 29.2 Å². The summed E-state index contributed by atoms with van der Waals surface area (Å²) in [5.41, 5.74) is 2.17. The van der Waals surface area contributed by atoms with Gasteiger partial charge in [0.05, 0.1) is 17.2 Å². The van der Waals surface area contributed by atoms with E-state index in [1.807, 2.05) is 17.7 Å². The number of halogens is 1. The second-order valence-electron chi connectivity index (χ2n) is 6.20. The molecule has 2 N–H and O–H groups in total. The van der Waals surface area contributed by atoms with Crippen molar-refractivity contribution in [3.8, 4) is 0 Å². The van der Waals surface area contributed by atoms with Crippen LogP contribution >= 0.6 is 23.7 Å². The van der Waals surface area contributed by atoms with E-state index in [4.69, 9.17) is 0 Å². The lowest BCUT2D eigenvalue weighted by Gasteiger charge is -2.23. The average Bonchev–Trinajstić information content (AvgIpc) is 3.20. The molecule has 3 heterocycles. The van der Waals surface area contributed by atoms with Gasteiger partial charge >= 0.3 is 0 Å². The minimum Gasteiger partial charge on any atom is -0.350 e. The van der Waals surface area contributed by atoms with Gasteiger partial charge in [-0.2, -0.15) is 5.10 Å². The van der Waals surface area contributed by atoms with Crippen molar-refractivity contribution in [2.24, 2.45) is 0 Å². The number of aryl methyl sites for hydroxylation is 2. The zero-order chi connectivity index (χ0) is 16.9. The second-order valence-corrected chi connectivity index (χ2v) is 7.37. The van der Waals surface area contributed by atoms with E-state index in [0.29, 0.717) is 12.5 Å². The summed E-state index contributed by atoms with van der Waals surface area (Å²) in [4.78, 5) is 17.9. The first-order chi connectivity index (χ1) is 11.7. The Hall–Kier alpha value is -1.44. The van der Waals surface area contributed by atoms with E-state index < -0.39 is 0 Å². The van der Waals surface area contributed by atoms with E-state index in [1.165, 1.54) is 6.42 Å². The third kappa shape index (κ3) is 5.03. The van der Waals surface area contributed by atoms with Gasteiger partial charge in [0.15, 0.2) is 0 Å². The number of hydrogen-bond acceptors (Lipinski definition) is 5. The van der Waals surface area contributed by atoms with Crippen LogP contribution in [0.25, 0.3) is 0 Å². The van der Waals surface area contributed by atoms with Gasteiger partial charge in [-0.15, -0.1) is 23.7 Å². The van der Waals surface area contributed by atoms with Gasteiger partial charge in [0.25, 0.3) is 0 Å². The number of amides is 1. The van der Waals surface area contributed by atoms with Gasteiger partial charge in [-0.25, -0.2) is 4.98 Å². The molecule has 8 heteroatoms. The number of hydrogen-bond donors (Lipinski definition) is 2. The van der Waals surface area contributed by atoms with Gasteiger partial charge in [0.1, 0.15) is 6.54 Å². The average molecular weight is 384 g/mol. The van der Waals surface area contributed by atoms with Crippen LogP contribution in [0.3, 0.4) is 0 Å². The molecule has 0 bridgehead atoms. The molecule has 138 valence electrons. The molecule has 25 heavy (non-hydrogen) atoms. The lowest BCUT2D eigenvalue weighted by molar-refractivity contribution is -0.122. The van der Waals surface area contributed by atoms with Crippen molar-refractivity contribution < 1.29 is 4.79 Å². The number of nitrogens with zero attached hydrogens (tertiary/aromatic N) is 3. The highest BCUT2D eigenvalue weighted by Crippen LogP contribution is 2.22. The third-order valence-electron chi connectivity index (χ3n) is 4.44. The van der Waals surface area contributed by atoms with E-state index in [9.17, 15) is 4.79 Å². The topological polar surface area (TPSA) is 71.8 Å². The molecule has 0 aliphatic carbocycles. The molecule has 1 unspecified atom stereocenters. The van der Waals surface area contributed by atoms with E-state index in [-0.39, 0.29) is 24.9 Å². The van der Waals surface area contributed by atoms with Crippen molar-refractivity contribution in [1.29, 1.82) is 0 Å². The van der Waals surface area contributed by atoms with Gasteiger partial charge in [-0.05, 0) is 38.8 Å². The van der Waals surface area contributed by atoms with Crippen LogP contribution in [-0.2, 0) is 24.3 Å². The van der Waals surface area contributed by atoms with Gasteiger partial charge in [-0.3, -0.25) is 9.48 Å². The third-order valence-corrected chi connectivity index (χ3v) is 5.75. The summed E-state index contributed by atoms with van der Waals surface area (Å²) < 4.78 is 1.84. The van der Waals surface area contributed by atoms with Crippen LogP contribution in [-0.4, -0.2) is 33.8 Å². The van der Waals surface area contributed by atoms with E-state index in [0.717, 1.165) is 47.2 Å². The van der Waals surface area contributed by atoms with E-state index in [1.54, 1.807) is 17.5 Å². The molecule has 1 fully saturated rings. The minimum absolute atomic E-state index is 0. The first kappa shape index (κ1) is 19.9. The van der Waals surface area contributed by atoms with Crippen LogP contribution in [0.15, 0.2) is 12.3 Å². The molecule has 0 aromatic carbocycles. The highest BCUT2D eigenvalue weighted by Gasteiger charge is 2.20. The number of rotatable bonds is 6. The smallest absolute Gasteiger partial charge is 0.242 e. The number of aromatic nitrogens is 3. The summed E-state index contributed by atoms with van der Waals surface area (Å²) in [7, 11) is 0. The van der Waals surface area contributed by atoms with Crippen LogP contribution in [0.4, 0.5) is 0 Å². The monoisotopic (exact) mass is 383 g/mol. The van der Waals surface area contributed by atoms with Crippen LogP contribution in [0, 0.1) is 6.92 Å². The molecule has 1 atom stereocenters. The largest absolute Gasteiger partial charge is 0.350 e. The molecular weight excluding hydrogens is 358 g/mol. The fraction of sp³-hybridized carbons (Fsp3) is 0.588. The molecule has 1 amide bonds. The summed E-state index contributed by atoms with van der Waals surface area (Å²) in [5, 5.41) is 11.9. The predicted molar refractivity (Wildman–Crippen MR) is 102 cm³/mol. The fourth-order valence-corrected chi connectivity index (χ4v) is 4.05. The van der Waals surface area contributed by atoms with E-state index >= 15 is 0 Å². The first-order valence-electron chi connectivity index (χ1n) is 8.61. The molecule has 2 aromatic heterocycles. The van der Waals surface area contributed by atoms with Gasteiger partial charge in [0.2, 0.25) is 5.91 Å². The van der Waals surface area contributed by atoms with Crippen molar-refractivity contribution in [2.75, 3.05) is 13.1 Å². The zero-order valence-corrected chi connectivity index (χ0v) is 16.4. The number of thiazole rings is 1. The fourth-order valence-electron chi connectivity index (χ4n) is 3.10. The molecule has 6 nitrogen and oxygen atoms in total. The Morgan fingerprint density at radius 2 is 2.36 bits per heavy atom. The van der Waals surface area contributed by atoms with Crippen molar-refractivity contribution in [3.63, 3.8) is 0 Å². The number of carbonyl (C=O) groups is 1.